The molecule has 3 rings (SSSR count). The second kappa shape index (κ2) is 10.4. The molecule has 27 heavy (non-hydrogen) atoms. The molecule has 0 spiro atoms. The number of hydrogen-bond donors (Lipinski definition) is 1. The quantitative estimate of drug-likeness (QED) is 0.396. The van der Waals surface area contributed by atoms with E-state index in [9.17, 15) is 0 Å². The second-order valence-electron chi connectivity index (χ2n) is 6.57. The number of aromatic nitrogens is 3. The van der Waals surface area contributed by atoms with Gasteiger partial charge in [0.2, 0.25) is 5.95 Å². The molecule has 0 bridgehead atoms. The van der Waals surface area contributed by atoms with Gasteiger partial charge < -0.3 is 19.6 Å². The number of rotatable bonds is 5. The fraction of sp³-hybridized carbons (Fsp3) is 0.556. The highest BCUT2D eigenvalue weighted by Crippen LogP contribution is 2.15. The molecule has 0 saturated carbocycles. The SMILES string of the molecule is CCNC(=NCc1cc(C(C)C)no1)N1CCN(c2ncccn2)CC1.I. The van der Waals surface area contributed by atoms with Gasteiger partial charge in [0.05, 0.1) is 5.69 Å². The number of nitrogens with one attached hydrogen (secondary N) is 1. The summed E-state index contributed by atoms with van der Waals surface area (Å²) in [4.78, 5) is 17.9. The molecule has 2 aromatic rings. The highest BCUT2D eigenvalue weighted by molar-refractivity contribution is 14.0. The molecule has 3 heterocycles. The van der Waals surface area contributed by atoms with E-state index in [2.05, 4.69) is 51.0 Å². The van der Waals surface area contributed by atoms with Crippen LogP contribution in [0.25, 0.3) is 0 Å². The molecule has 1 aliphatic rings. The molecule has 1 fully saturated rings. The fourth-order valence-electron chi connectivity index (χ4n) is 2.83. The Kier molecular flexibility index (Phi) is 8.26. The van der Waals surface area contributed by atoms with Gasteiger partial charge in [0, 0.05) is 51.2 Å². The molecular weight excluding hydrogens is 457 g/mol. The fourth-order valence-corrected chi connectivity index (χ4v) is 2.83. The van der Waals surface area contributed by atoms with Crippen molar-refractivity contribution >= 4 is 35.9 Å². The molecule has 0 aromatic carbocycles. The van der Waals surface area contributed by atoms with E-state index in [1.807, 2.05) is 12.1 Å². The van der Waals surface area contributed by atoms with Crippen molar-refractivity contribution in [1.29, 1.82) is 0 Å². The first-order valence-corrected chi connectivity index (χ1v) is 9.18. The first-order valence-electron chi connectivity index (χ1n) is 9.18. The smallest absolute Gasteiger partial charge is 0.225 e. The maximum atomic E-state index is 5.39. The van der Waals surface area contributed by atoms with E-state index in [1.165, 1.54) is 0 Å². The Hall–Kier alpha value is -1.91. The summed E-state index contributed by atoms with van der Waals surface area (Å²) >= 11 is 0. The van der Waals surface area contributed by atoms with Gasteiger partial charge in [-0.05, 0) is 18.9 Å². The van der Waals surface area contributed by atoms with Crippen molar-refractivity contribution in [3.8, 4) is 0 Å². The van der Waals surface area contributed by atoms with E-state index in [0.717, 1.165) is 56.1 Å². The molecule has 2 aromatic heterocycles. The normalized spacial score (nSPS) is 15.0. The van der Waals surface area contributed by atoms with E-state index in [1.54, 1.807) is 12.4 Å². The summed E-state index contributed by atoms with van der Waals surface area (Å²) in [5.74, 6) is 2.85. The lowest BCUT2D eigenvalue weighted by molar-refractivity contribution is 0.362. The van der Waals surface area contributed by atoms with Crippen LogP contribution in [0.3, 0.4) is 0 Å². The number of guanidine groups is 1. The van der Waals surface area contributed by atoms with Crippen LogP contribution in [0, 0.1) is 0 Å². The van der Waals surface area contributed by atoms with Gasteiger partial charge in [0.25, 0.3) is 0 Å². The number of anilines is 1. The summed E-state index contributed by atoms with van der Waals surface area (Å²) in [5, 5.41) is 7.47. The van der Waals surface area contributed by atoms with Crippen molar-refractivity contribution in [3.63, 3.8) is 0 Å². The Bertz CT molecular complexity index is 712. The first kappa shape index (κ1) is 21.4. The largest absolute Gasteiger partial charge is 0.359 e. The lowest BCUT2D eigenvalue weighted by Crippen LogP contribution is -2.52. The summed E-state index contributed by atoms with van der Waals surface area (Å²) in [6.07, 6.45) is 3.56. The Labute approximate surface area is 177 Å². The number of nitrogens with zero attached hydrogens (tertiary/aromatic N) is 6. The Morgan fingerprint density at radius 1 is 1.22 bits per heavy atom. The second-order valence-corrected chi connectivity index (χ2v) is 6.57. The number of aliphatic imine (C=N–C) groups is 1. The molecule has 0 amide bonds. The van der Waals surface area contributed by atoms with E-state index in [4.69, 9.17) is 9.52 Å². The third kappa shape index (κ3) is 5.78. The molecule has 0 atom stereocenters. The lowest BCUT2D eigenvalue weighted by atomic mass is 10.1. The van der Waals surface area contributed by atoms with Crippen molar-refractivity contribution in [2.24, 2.45) is 4.99 Å². The van der Waals surface area contributed by atoms with E-state index >= 15 is 0 Å². The Morgan fingerprint density at radius 2 is 1.93 bits per heavy atom. The Balaban J connectivity index is 0.00000261. The van der Waals surface area contributed by atoms with Crippen LogP contribution < -0.4 is 10.2 Å². The molecule has 8 nitrogen and oxygen atoms in total. The summed E-state index contributed by atoms with van der Waals surface area (Å²) in [6, 6.07) is 3.83. The maximum Gasteiger partial charge on any atom is 0.225 e. The molecule has 0 unspecified atom stereocenters. The zero-order valence-corrected chi connectivity index (χ0v) is 18.5. The number of hydrogen-bond acceptors (Lipinski definition) is 6. The number of piperazine rings is 1. The summed E-state index contributed by atoms with van der Waals surface area (Å²) in [5.41, 5.74) is 0.969. The van der Waals surface area contributed by atoms with Gasteiger partial charge in [-0.2, -0.15) is 0 Å². The van der Waals surface area contributed by atoms with E-state index in [-0.39, 0.29) is 24.0 Å². The van der Waals surface area contributed by atoms with Gasteiger partial charge in [0.1, 0.15) is 6.54 Å². The van der Waals surface area contributed by atoms with Gasteiger partial charge in [-0.1, -0.05) is 19.0 Å². The third-order valence-corrected chi connectivity index (χ3v) is 4.30. The van der Waals surface area contributed by atoms with Gasteiger partial charge in [-0.25, -0.2) is 15.0 Å². The van der Waals surface area contributed by atoms with E-state index in [0.29, 0.717) is 12.5 Å². The Morgan fingerprint density at radius 3 is 2.52 bits per heavy atom. The van der Waals surface area contributed by atoms with Crippen LogP contribution in [-0.2, 0) is 6.54 Å². The van der Waals surface area contributed by atoms with Crippen molar-refractivity contribution in [2.45, 2.75) is 33.2 Å². The van der Waals surface area contributed by atoms with Crippen LogP contribution >= 0.6 is 24.0 Å². The molecule has 1 aliphatic heterocycles. The van der Waals surface area contributed by atoms with Crippen LogP contribution in [0.15, 0.2) is 34.0 Å². The van der Waals surface area contributed by atoms with E-state index < -0.39 is 0 Å². The average molecular weight is 485 g/mol. The first-order chi connectivity index (χ1) is 12.7. The highest BCUT2D eigenvalue weighted by atomic mass is 127. The molecule has 9 heteroatoms. The van der Waals surface area contributed by atoms with Crippen molar-refractivity contribution in [2.75, 3.05) is 37.6 Å². The highest BCUT2D eigenvalue weighted by Gasteiger charge is 2.21. The predicted molar refractivity (Wildman–Crippen MR) is 117 cm³/mol. The monoisotopic (exact) mass is 485 g/mol. The van der Waals surface area contributed by atoms with Crippen LogP contribution in [0.5, 0.6) is 0 Å². The number of halogens is 1. The maximum absolute atomic E-state index is 5.39. The summed E-state index contributed by atoms with van der Waals surface area (Å²) in [6.45, 7) is 11.1. The van der Waals surface area contributed by atoms with Crippen LogP contribution in [0.1, 0.15) is 38.1 Å². The van der Waals surface area contributed by atoms with Gasteiger partial charge in [-0.15, -0.1) is 24.0 Å². The predicted octanol–water partition coefficient (Wildman–Crippen LogP) is 2.49. The summed E-state index contributed by atoms with van der Waals surface area (Å²) < 4.78 is 5.39. The molecule has 1 saturated heterocycles. The zero-order valence-electron chi connectivity index (χ0n) is 16.1. The molecule has 0 radical (unpaired) electrons. The zero-order chi connectivity index (χ0) is 18.4. The van der Waals surface area contributed by atoms with Crippen LogP contribution in [0.2, 0.25) is 0 Å². The van der Waals surface area contributed by atoms with Crippen molar-refractivity contribution in [1.82, 2.24) is 25.3 Å². The van der Waals surface area contributed by atoms with Crippen LogP contribution in [0.4, 0.5) is 5.95 Å². The average Bonchev–Trinajstić information content (AvgIpc) is 3.15. The molecular formula is C18H28IN7O. The van der Waals surface area contributed by atoms with Gasteiger partial charge in [0.15, 0.2) is 11.7 Å². The van der Waals surface area contributed by atoms with Crippen molar-refractivity contribution < 1.29 is 4.52 Å². The minimum absolute atomic E-state index is 0. The summed E-state index contributed by atoms with van der Waals surface area (Å²) in [7, 11) is 0. The van der Waals surface area contributed by atoms with Gasteiger partial charge >= 0.3 is 0 Å². The lowest BCUT2D eigenvalue weighted by Gasteiger charge is -2.36. The topological polar surface area (TPSA) is 82.7 Å². The standard InChI is InChI=1S/C18H27N7O.HI/c1-4-19-17(22-13-15-12-16(14(2)3)23-26-15)24-8-10-25(11-9-24)18-20-6-5-7-21-18;/h5-7,12,14H,4,8-11,13H2,1-3H3,(H,19,22);1H. The third-order valence-electron chi connectivity index (χ3n) is 4.30. The molecule has 148 valence electrons. The minimum Gasteiger partial charge on any atom is -0.359 e. The molecule has 1 N–H and O–H groups in total. The molecule has 0 aliphatic carbocycles. The van der Waals surface area contributed by atoms with Crippen LogP contribution in [-0.4, -0.2) is 58.7 Å². The minimum atomic E-state index is 0. The van der Waals surface area contributed by atoms with Crippen molar-refractivity contribution in [3.05, 3.63) is 36.0 Å². The van der Waals surface area contributed by atoms with Gasteiger partial charge in [-0.3, -0.25) is 0 Å².